The monoisotopic (exact) mass is 359 g/mol. The number of benzene rings is 1. The summed E-state index contributed by atoms with van der Waals surface area (Å²) in [4.78, 5) is 9.11. The first-order chi connectivity index (χ1) is 11.6. The lowest BCUT2D eigenvalue weighted by molar-refractivity contribution is 0.399. The molecular formula is C16H11Cl2N5O. The van der Waals surface area contributed by atoms with Crippen LogP contribution in [-0.4, -0.2) is 31.7 Å². The molecular weight excluding hydrogens is 349 g/mol. The Hall–Kier alpha value is -2.44. The summed E-state index contributed by atoms with van der Waals surface area (Å²) in [6.45, 7) is 1.87. The SMILES string of the molecule is COc1ccc2nnc3c(C)nc(-c4ccc(Cl)c(Cl)c4)n3c2n1. The van der Waals surface area contributed by atoms with Gasteiger partial charge in [-0.1, -0.05) is 23.2 Å². The van der Waals surface area contributed by atoms with Crippen LogP contribution in [0.1, 0.15) is 5.69 Å². The van der Waals surface area contributed by atoms with E-state index in [1.165, 1.54) is 0 Å². The van der Waals surface area contributed by atoms with E-state index in [2.05, 4.69) is 20.2 Å². The van der Waals surface area contributed by atoms with Crippen LogP contribution in [0.4, 0.5) is 0 Å². The number of nitrogens with zero attached hydrogens (tertiary/aromatic N) is 5. The fraction of sp³-hybridized carbons (Fsp3) is 0.125. The average molecular weight is 360 g/mol. The molecule has 0 aliphatic heterocycles. The Kier molecular flexibility index (Phi) is 3.51. The normalized spacial score (nSPS) is 11.3. The first-order valence-electron chi connectivity index (χ1n) is 7.10. The van der Waals surface area contributed by atoms with Crippen LogP contribution in [0.2, 0.25) is 10.0 Å². The number of aromatic nitrogens is 5. The van der Waals surface area contributed by atoms with Crippen molar-refractivity contribution in [2.45, 2.75) is 6.92 Å². The van der Waals surface area contributed by atoms with Crippen molar-refractivity contribution in [1.82, 2.24) is 24.6 Å². The van der Waals surface area contributed by atoms with Crippen LogP contribution in [0.25, 0.3) is 28.2 Å². The minimum Gasteiger partial charge on any atom is -0.481 e. The van der Waals surface area contributed by atoms with E-state index >= 15 is 0 Å². The van der Waals surface area contributed by atoms with Crippen LogP contribution >= 0.6 is 23.2 Å². The number of fused-ring (bicyclic) bond motifs is 3. The standard InChI is InChI=1S/C16H11Cl2N5O/c1-8-14-22-21-12-5-6-13(24-2)20-16(12)23(14)15(19-8)9-3-4-10(17)11(18)7-9/h3-7H,1-2H3. The van der Waals surface area contributed by atoms with Gasteiger partial charge in [-0.3, -0.25) is 4.40 Å². The predicted molar refractivity (Wildman–Crippen MR) is 92.8 cm³/mol. The molecule has 120 valence electrons. The van der Waals surface area contributed by atoms with Gasteiger partial charge < -0.3 is 4.74 Å². The van der Waals surface area contributed by atoms with Crippen LogP contribution in [0.3, 0.4) is 0 Å². The molecule has 0 fully saturated rings. The predicted octanol–water partition coefficient (Wildman–Crippen LogP) is 3.96. The lowest BCUT2D eigenvalue weighted by atomic mass is 10.2. The molecule has 24 heavy (non-hydrogen) atoms. The molecule has 3 aromatic heterocycles. The van der Waals surface area contributed by atoms with Crippen LogP contribution < -0.4 is 4.74 Å². The first-order valence-corrected chi connectivity index (χ1v) is 7.86. The summed E-state index contributed by atoms with van der Waals surface area (Å²) in [5.41, 5.74) is 3.44. The zero-order valence-electron chi connectivity index (χ0n) is 12.8. The highest BCUT2D eigenvalue weighted by Gasteiger charge is 2.17. The summed E-state index contributed by atoms with van der Waals surface area (Å²) in [6.07, 6.45) is 0. The summed E-state index contributed by atoms with van der Waals surface area (Å²) in [5, 5.41) is 9.42. The summed E-state index contributed by atoms with van der Waals surface area (Å²) < 4.78 is 7.07. The molecule has 0 radical (unpaired) electrons. The fourth-order valence-corrected chi connectivity index (χ4v) is 2.85. The Morgan fingerprint density at radius 3 is 2.54 bits per heavy atom. The number of ether oxygens (including phenoxy) is 1. The van der Waals surface area contributed by atoms with Crippen molar-refractivity contribution in [1.29, 1.82) is 0 Å². The summed E-state index contributed by atoms with van der Waals surface area (Å²) >= 11 is 12.2. The van der Waals surface area contributed by atoms with Crippen molar-refractivity contribution in [2.75, 3.05) is 7.11 Å². The maximum absolute atomic E-state index is 6.16. The molecule has 4 aromatic rings. The van der Waals surface area contributed by atoms with E-state index in [9.17, 15) is 0 Å². The molecule has 0 saturated heterocycles. The van der Waals surface area contributed by atoms with Crippen molar-refractivity contribution in [3.8, 4) is 17.3 Å². The second-order valence-electron chi connectivity index (χ2n) is 5.21. The van der Waals surface area contributed by atoms with Crippen LogP contribution in [-0.2, 0) is 0 Å². The summed E-state index contributed by atoms with van der Waals surface area (Å²) in [7, 11) is 1.57. The topological polar surface area (TPSA) is 65.2 Å². The van der Waals surface area contributed by atoms with Crippen molar-refractivity contribution in [2.24, 2.45) is 0 Å². The summed E-state index contributed by atoms with van der Waals surface area (Å²) in [6, 6.07) is 8.91. The Morgan fingerprint density at radius 1 is 0.958 bits per heavy atom. The number of imidazole rings is 1. The number of pyridine rings is 1. The third-order valence-corrected chi connectivity index (χ3v) is 4.44. The quantitative estimate of drug-likeness (QED) is 0.541. The van der Waals surface area contributed by atoms with Gasteiger partial charge in [-0.15, -0.1) is 10.2 Å². The Labute approximate surface area is 147 Å². The number of rotatable bonds is 2. The molecule has 4 rings (SSSR count). The van der Waals surface area contributed by atoms with Gasteiger partial charge in [0.15, 0.2) is 11.3 Å². The van der Waals surface area contributed by atoms with E-state index in [1.54, 1.807) is 25.3 Å². The van der Waals surface area contributed by atoms with E-state index < -0.39 is 0 Å². The highest BCUT2D eigenvalue weighted by atomic mass is 35.5. The highest BCUT2D eigenvalue weighted by molar-refractivity contribution is 6.42. The Balaban J connectivity index is 2.11. The fourth-order valence-electron chi connectivity index (χ4n) is 2.55. The second kappa shape index (κ2) is 5.58. The highest BCUT2D eigenvalue weighted by Crippen LogP contribution is 2.30. The minimum absolute atomic E-state index is 0.459. The second-order valence-corrected chi connectivity index (χ2v) is 6.02. The first kappa shape index (κ1) is 15.1. The largest absolute Gasteiger partial charge is 0.481 e. The van der Waals surface area contributed by atoms with Gasteiger partial charge in [0.25, 0.3) is 0 Å². The molecule has 0 spiro atoms. The Morgan fingerprint density at radius 2 is 1.79 bits per heavy atom. The van der Waals surface area contributed by atoms with Gasteiger partial charge in [0.2, 0.25) is 5.88 Å². The lowest BCUT2D eigenvalue weighted by Crippen LogP contribution is -2.00. The van der Waals surface area contributed by atoms with Crippen LogP contribution in [0.5, 0.6) is 5.88 Å². The summed E-state index contributed by atoms with van der Waals surface area (Å²) in [5.74, 6) is 1.16. The van der Waals surface area contributed by atoms with Crippen molar-refractivity contribution >= 4 is 40.0 Å². The van der Waals surface area contributed by atoms with E-state index in [4.69, 9.17) is 27.9 Å². The number of halogens is 2. The number of methoxy groups -OCH3 is 1. The van der Waals surface area contributed by atoms with E-state index in [0.717, 1.165) is 11.3 Å². The maximum Gasteiger partial charge on any atom is 0.215 e. The van der Waals surface area contributed by atoms with Crippen molar-refractivity contribution in [3.63, 3.8) is 0 Å². The van der Waals surface area contributed by atoms with Gasteiger partial charge in [-0.2, -0.15) is 4.98 Å². The molecule has 0 bridgehead atoms. The minimum atomic E-state index is 0.459. The van der Waals surface area contributed by atoms with Gasteiger partial charge in [-0.25, -0.2) is 4.98 Å². The number of hydrogen-bond donors (Lipinski definition) is 0. The zero-order chi connectivity index (χ0) is 16.8. The van der Waals surface area contributed by atoms with Gasteiger partial charge in [0.05, 0.1) is 22.8 Å². The lowest BCUT2D eigenvalue weighted by Gasteiger charge is -2.06. The average Bonchev–Trinajstić information content (AvgIpc) is 2.94. The maximum atomic E-state index is 6.16. The number of aryl methyl sites for hydroxylation is 1. The van der Waals surface area contributed by atoms with Gasteiger partial charge in [-0.05, 0) is 31.2 Å². The molecule has 6 nitrogen and oxygen atoms in total. The van der Waals surface area contributed by atoms with Gasteiger partial charge in [0.1, 0.15) is 11.3 Å². The molecule has 0 atom stereocenters. The zero-order valence-corrected chi connectivity index (χ0v) is 14.3. The molecule has 0 saturated carbocycles. The van der Waals surface area contributed by atoms with E-state index in [0.29, 0.717) is 38.6 Å². The van der Waals surface area contributed by atoms with E-state index in [-0.39, 0.29) is 0 Å². The van der Waals surface area contributed by atoms with Gasteiger partial charge in [0, 0.05) is 11.6 Å². The van der Waals surface area contributed by atoms with Crippen molar-refractivity contribution < 1.29 is 4.74 Å². The van der Waals surface area contributed by atoms with Crippen LogP contribution in [0.15, 0.2) is 30.3 Å². The third-order valence-electron chi connectivity index (χ3n) is 3.70. The van der Waals surface area contributed by atoms with Crippen molar-refractivity contribution in [3.05, 3.63) is 46.1 Å². The smallest absolute Gasteiger partial charge is 0.215 e. The molecule has 1 aromatic carbocycles. The molecule has 0 amide bonds. The third kappa shape index (κ3) is 2.26. The molecule has 0 N–H and O–H groups in total. The van der Waals surface area contributed by atoms with E-state index in [1.807, 2.05) is 23.5 Å². The Bertz CT molecular complexity index is 1090. The molecule has 3 heterocycles. The molecule has 0 unspecified atom stereocenters. The number of hydrogen-bond acceptors (Lipinski definition) is 5. The molecule has 8 heteroatoms. The molecule has 0 aliphatic rings. The van der Waals surface area contributed by atoms with Crippen LogP contribution in [0, 0.1) is 6.92 Å². The molecule has 0 aliphatic carbocycles. The van der Waals surface area contributed by atoms with Gasteiger partial charge >= 0.3 is 0 Å².